The number of halogens is 2. The van der Waals surface area contributed by atoms with Crippen molar-refractivity contribution in [2.45, 2.75) is 113 Å². The Morgan fingerprint density at radius 2 is 1.87 bits per heavy atom. The minimum atomic E-state index is -3.41. The van der Waals surface area contributed by atoms with Crippen molar-refractivity contribution in [3.8, 4) is 5.75 Å². The largest absolute Gasteiger partial charge is 0.490 e. The van der Waals surface area contributed by atoms with Gasteiger partial charge in [0.25, 0.3) is 0 Å². The molecule has 2 saturated carbocycles. The number of aromatic carboxylic acids is 1. The maximum Gasteiger partial charge on any atom is 0.335 e. The zero-order valence-electron chi connectivity index (χ0n) is 35.9. The molecule has 6 aliphatic rings. The van der Waals surface area contributed by atoms with Crippen LogP contribution in [0.4, 0.5) is 5.69 Å². The maximum atomic E-state index is 11.7. The molecule has 0 bridgehead atoms. The van der Waals surface area contributed by atoms with Crippen LogP contribution in [0, 0.1) is 23.7 Å². The molecule has 10 nitrogen and oxygen atoms in total. The predicted molar refractivity (Wildman–Crippen MR) is 254 cm³/mol. The van der Waals surface area contributed by atoms with E-state index in [1.165, 1.54) is 63.0 Å². The van der Waals surface area contributed by atoms with Gasteiger partial charge in [-0.05, 0) is 134 Å². The number of aliphatic hydroxyl groups is 1. The second-order valence-corrected chi connectivity index (χ2v) is 20.1. The van der Waals surface area contributed by atoms with E-state index in [9.17, 15) is 23.4 Å². The third-order valence-corrected chi connectivity index (χ3v) is 15.7. The summed E-state index contributed by atoms with van der Waals surface area (Å²) in [6, 6.07) is 12.2. The van der Waals surface area contributed by atoms with E-state index in [1.807, 2.05) is 17.9 Å². The standard InChI is InChI=1S/C27H30ClNO4.C11H21NO2S.C8H16N2.CH3I/c1-2-24(30)21-8-5-19(21)14-29-15-27(11-3-4-17-12-20(28)7-9-22(17)27)16-33-25-10-6-18(26(31)32)13-23(25)29;1-3-5-9(2)11(15(12,13)14)8-10-6-4-7-10;1-2-5-10-6-4-9-7-8(10)3-1;1-2/h2,6-7,9-10,12-13,19,21,24,30H,1,3-5,8,11,14-16H2,(H,31,32);3,9-11H,1,4-8H2,2H3,(H2,12,13,14);8-9H,1-7H2;1H3/t19-,21+,24-,27-;9-,11?;8-;/m001./s1. The summed E-state index contributed by atoms with van der Waals surface area (Å²) < 4.78 is 29.3. The van der Waals surface area contributed by atoms with E-state index < -0.39 is 22.1 Å². The molecular formula is C47H70ClIN4O6S. The SMILES string of the molecule is C1CCN2CCNC[C@H]2C1.C=CC[C@H](C)C(CC1CCC1)S(N)(=O)=O.C=C[C@H](O)[C@@H]1CC[C@H]1CN1C[C@@]2(CCCc3cc(Cl)ccc32)COc2ccc(C(=O)O)cc21.CI. The van der Waals surface area contributed by atoms with Crippen molar-refractivity contribution in [1.82, 2.24) is 10.2 Å². The minimum absolute atomic E-state index is 0.0816. The number of nitrogens with two attached hydrogens (primary N) is 1. The van der Waals surface area contributed by atoms with Crippen LogP contribution in [-0.2, 0) is 21.9 Å². The van der Waals surface area contributed by atoms with Gasteiger partial charge in [0.2, 0.25) is 10.0 Å². The summed E-state index contributed by atoms with van der Waals surface area (Å²) >= 11 is 8.46. The Hall–Kier alpha value is -2.20. The van der Waals surface area contributed by atoms with Gasteiger partial charge in [-0.2, -0.15) is 0 Å². The van der Waals surface area contributed by atoms with Gasteiger partial charge in [0.1, 0.15) is 5.75 Å². The number of piperazine rings is 1. The summed E-state index contributed by atoms with van der Waals surface area (Å²) in [5, 5.41) is 29.1. The lowest BCUT2D eigenvalue weighted by Crippen LogP contribution is -2.53. The molecule has 5 N–H and O–H groups in total. The predicted octanol–water partition coefficient (Wildman–Crippen LogP) is 8.63. The van der Waals surface area contributed by atoms with Gasteiger partial charge in [0.05, 0.1) is 29.2 Å². The number of alkyl halides is 1. The van der Waals surface area contributed by atoms with Gasteiger partial charge in [0, 0.05) is 49.2 Å². The summed E-state index contributed by atoms with van der Waals surface area (Å²) in [5.74, 6) is 0.934. The number of rotatable bonds is 11. The van der Waals surface area contributed by atoms with Crippen LogP contribution in [-0.4, -0.2) is 97.7 Å². The summed E-state index contributed by atoms with van der Waals surface area (Å²) in [6.45, 7) is 16.5. The number of nitrogens with zero attached hydrogens (tertiary/aromatic N) is 2. The summed E-state index contributed by atoms with van der Waals surface area (Å²) in [4.78, 5) is 18.6. The Balaban J connectivity index is 0.000000207. The molecule has 0 amide bonds. The molecule has 2 aromatic rings. The zero-order chi connectivity index (χ0) is 43.5. The Morgan fingerprint density at radius 3 is 2.50 bits per heavy atom. The van der Waals surface area contributed by atoms with Gasteiger partial charge >= 0.3 is 5.97 Å². The van der Waals surface area contributed by atoms with Gasteiger partial charge in [0.15, 0.2) is 0 Å². The average molecular weight is 982 g/mol. The smallest absolute Gasteiger partial charge is 0.335 e. The molecule has 60 heavy (non-hydrogen) atoms. The highest BCUT2D eigenvalue weighted by Gasteiger charge is 2.44. The number of fused-ring (bicyclic) bond motifs is 4. The molecule has 13 heteroatoms. The molecule has 1 spiro atoms. The average Bonchev–Trinajstić information content (AvgIpc) is 3.36. The molecule has 3 aliphatic heterocycles. The lowest BCUT2D eigenvalue weighted by atomic mass is 9.68. The van der Waals surface area contributed by atoms with E-state index in [-0.39, 0.29) is 28.1 Å². The highest BCUT2D eigenvalue weighted by atomic mass is 127. The zero-order valence-corrected chi connectivity index (χ0v) is 39.6. The van der Waals surface area contributed by atoms with Crippen LogP contribution >= 0.6 is 34.2 Å². The monoisotopic (exact) mass is 980 g/mol. The molecule has 4 fully saturated rings. The summed E-state index contributed by atoms with van der Waals surface area (Å²) in [7, 11) is -3.41. The van der Waals surface area contributed by atoms with Gasteiger partial charge < -0.3 is 25.2 Å². The van der Waals surface area contributed by atoms with Crippen LogP contribution in [0.15, 0.2) is 61.7 Å². The van der Waals surface area contributed by atoms with Gasteiger partial charge in [-0.15, -0.1) is 13.2 Å². The van der Waals surface area contributed by atoms with Crippen molar-refractivity contribution in [1.29, 1.82) is 0 Å². The number of hydrogen-bond acceptors (Lipinski definition) is 8. The molecule has 334 valence electrons. The molecule has 0 radical (unpaired) electrons. The first-order valence-electron chi connectivity index (χ1n) is 22.1. The molecule has 1 unspecified atom stereocenters. The lowest BCUT2D eigenvalue weighted by Gasteiger charge is -2.45. The first-order chi connectivity index (χ1) is 28.8. The molecular weight excluding hydrogens is 911 g/mol. The van der Waals surface area contributed by atoms with E-state index in [1.54, 1.807) is 30.4 Å². The number of nitrogens with one attached hydrogen (secondary N) is 1. The maximum absolute atomic E-state index is 11.7. The van der Waals surface area contributed by atoms with E-state index in [2.05, 4.69) is 63.0 Å². The van der Waals surface area contributed by atoms with Gasteiger partial charge in [-0.1, -0.05) is 85.0 Å². The highest BCUT2D eigenvalue weighted by molar-refractivity contribution is 14.1. The number of hydrogen-bond donors (Lipinski definition) is 4. The second-order valence-electron chi connectivity index (χ2n) is 17.9. The van der Waals surface area contributed by atoms with Crippen LogP contribution in [0.1, 0.15) is 105 Å². The van der Waals surface area contributed by atoms with Crippen LogP contribution in [0.5, 0.6) is 5.75 Å². The van der Waals surface area contributed by atoms with E-state index >= 15 is 0 Å². The fourth-order valence-corrected chi connectivity index (χ4v) is 11.7. The van der Waals surface area contributed by atoms with Crippen molar-refractivity contribution in [3.63, 3.8) is 0 Å². The third-order valence-electron chi connectivity index (χ3n) is 14.0. The number of primary sulfonamides is 1. The number of benzene rings is 2. The molecule has 3 aliphatic carbocycles. The number of anilines is 1. The Morgan fingerprint density at radius 1 is 1.08 bits per heavy atom. The van der Waals surface area contributed by atoms with Crippen LogP contribution in [0.2, 0.25) is 5.02 Å². The van der Waals surface area contributed by atoms with Crippen molar-refractivity contribution in [2.75, 3.05) is 55.7 Å². The van der Waals surface area contributed by atoms with Crippen LogP contribution in [0.25, 0.3) is 0 Å². The second kappa shape index (κ2) is 22.9. The number of ether oxygens (including phenoxy) is 1. The van der Waals surface area contributed by atoms with Crippen LogP contribution in [0.3, 0.4) is 0 Å². The van der Waals surface area contributed by atoms with E-state index in [4.69, 9.17) is 21.5 Å². The fraction of sp³-hybridized carbons (Fsp3) is 0.638. The van der Waals surface area contributed by atoms with Gasteiger partial charge in [-0.25, -0.2) is 18.4 Å². The number of carboxylic acid groups (broad SMARTS) is 1. The third kappa shape index (κ3) is 12.5. The molecule has 3 heterocycles. The van der Waals surface area contributed by atoms with Crippen molar-refractivity contribution in [3.05, 3.63) is 83.4 Å². The number of allylic oxidation sites excluding steroid dienone is 1. The fourth-order valence-electron chi connectivity index (χ4n) is 10.2. The molecule has 0 aromatic heterocycles. The van der Waals surface area contributed by atoms with E-state index in [0.29, 0.717) is 24.9 Å². The molecule has 2 saturated heterocycles. The topological polar surface area (TPSA) is 145 Å². The number of aryl methyl sites for hydroxylation is 1. The Labute approximate surface area is 378 Å². The molecule has 8 rings (SSSR count). The Bertz CT molecular complexity index is 1820. The summed E-state index contributed by atoms with van der Waals surface area (Å²) in [5.41, 5.74) is 3.44. The summed E-state index contributed by atoms with van der Waals surface area (Å²) in [6.07, 6.45) is 17.3. The van der Waals surface area contributed by atoms with Crippen molar-refractivity contribution in [2.24, 2.45) is 28.8 Å². The quantitative estimate of drug-likeness (QED) is 0.0989. The number of aliphatic hydroxyl groups excluding tert-OH is 1. The number of carboxylic acids is 1. The Kier molecular flexibility index (Phi) is 18.7. The molecule has 7 atom stereocenters. The van der Waals surface area contributed by atoms with Crippen molar-refractivity contribution < 1.29 is 28.2 Å². The normalized spacial score (nSPS) is 26.2. The number of sulfonamides is 1. The van der Waals surface area contributed by atoms with Gasteiger partial charge in [-0.3, -0.25) is 4.90 Å². The number of piperidine rings is 1. The lowest BCUT2D eigenvalue weighted by molar-refractivity contribution is 0.0460. The molecule has 2 aromatic carbocycles. The highest BCUT2D eigenvalue weighted by Crippen LogP contribution is 2.46. The van der Waals surface area contributed by atoms with Crippen LogP contribution < -0.4 is 20.1 Å². The van der Waals surface area contributed by atoms with Crippen molar-refractivity contribution >= 4 is 55.9 Å². The minimum Gasteiger partial charge on any atom is -0.490 e. The van der Waals surface area contributed by atoms with E-state index in [0.717, 1.165) is 87.0 Å². The first kappa shape index (κ1) is 48.8. The number of carbonyl (C=O) groups is 1. The first-order valence-corrected chi connectivity index (χ1v) is 26.3.